The van der Waals surface area contributed by atoms with Crippen LogP contribution in [0.15, 0.2) is 6.20 Å². The van der Waals surface area contributed by atoms with Gasteiger partial charge in [-0.05, 0) is 4.92 Å². The molecule has 0 spiro atoms. The first kappa shape index (κ1) is 15.6. The molecule has 11 heteroatoms. The number of hydrogen-bond acceptors (Lipinski definition) is 6. The number of aromatic nitrogens is 2. The molecule has 98 valence electrons. The molecule has 0 atom stereocenters. The zero-order valence-electron chi connectivity index (χ0n) is 8.72. The Kier molecular flexibility index (Phi) is 5.86. The molecule has 0 aliphatic carbocycles. The minimum atomic E-state index is -5.25. The molecule has 0 aliphatic heterocycles. The van der Waals surface area contributed by atoms with E-state index < -0.39 is 18.5 Å². The molecule has 1 aromatic heterocycles. The van der Waals surface area contributed by atoms with Crippen LogP contribution in [-0.4, -0.2) is 34.5 Å². The Morgan fingerprint density at radius 3 is 2.35 bits per heavy atom. The topological polar surface area (TPSA) is 156 Å². The van der Waals surface area contributed by atoms with Gasteiger partial charge in [-0.25, -0.2) is 9.55 Å². The number of nitro groups is 1. The van der Waals surface area contributed by atoms with Gasteiger partial charge in [0.2, 0.25) is 0 Å². The van der Waals surface area contributed by atoms with Gasteiger partial charge in [0.25, 0.3) is 0 Å². The first-order valence-corrected chi connectivity index (χ1v) is 6.32. The van der Waals surface area contributed by atoms with E-state index in [2.05, 4.69) is 4.98 Å². The van der Waals surface area contributed by atoms with Crippen LogP contribution in [0, 0.1) is 17.0 Å². The Labute approximate surface area is 97.7 Å². The third-order valence-electron chi connectivity index (χ3n) is 1.54. The zero-order chi connectivity index (χ0) is 13.6. The van der Waals surface area contributed by atoms with Gasteiger partial charge in [0.15, 0.2) is 5.82 Å². The van der Waals surface area contributed by atoms with E-state index in [1.807, 2.05) is 0 Å². The summed E-state index contributed by atoms with van der Waals surface area (Å²) in [5.74, 6) is 0.456. The Balaban J connectivity index is 0.000000437. The third kappa shape index (κ3) is 6.72. The quantitative estimate of drug-likeness (QED) is 0.459. The standard InChI is InChI=1S/C6H9N3O3.Cr.2H2O.2O/c1-5-7-4-6(9(11)12)8(5)2-3-10;;;;;/h4,10H,2-3H2,1H3;;2*1H2;;/q;+2;;;;/p-2. The average molecular weight is 289 g/mol. The molecule has 1 rings (SSSR count). The predicted molar refractivity (Wildman–Crippen MR) is 46.5 cm³/mol. The van der Waals surface area contributed by atoms with Crippen LogP contribution in [-0.2, 0) is 27.8 Å². The van der Waals surface area contributed by atoms with Gasteiger partial charge in [-0.1, -0.05) is 0 Å². The fraction of sp³-hybridized carbons (Fsp3) is 0.500. The SMILES string of the molecule is Cc1ncc([N+](=O)[O-])n1CCO.[O]=[Cr](=[O])([OH])[OH]. The number of aryl methyl sites for hydroxylation is 1. The molecule has 0 amide bonds. The Morgan fingerprint density at radius 2 is 2.00 bits per heavy atom. The first-order chi connectivity index (χ1) is 7.66. The van der Waals surface area contributed by atoms with Crippen LogP contribution < -0.4 is 0 Å². The Hall–Kier alpha value is -1.38. The second kappa shape index (κ2) is 6.38. The van der Waals surface area contributed by atoms with E-state index in [0.717, 1.165) is 0 Å². The molecular weight excluding hydrogens is 278 g/mol. The Morgan fingerprint density at radius 1 is 1.53 bits per heavy atom. The normalized spacial score (nSPS) is 10.6. The number of rotatable bonds is 3. The van der Waals surface area contributed by atoms with Crippen molar-refractivity contribution in [1.29, 1.82) is 0 Å². The number of aliphatic hydroxyl groups is 1. The van der Waals surface area contributed by atoms with Crippen LogP contribution in [0.5, 0.6) is 0 Å². The molecule has 0 aliphatic rings. The van der Waals surface area contributed by atoms with Crippen molar-refractivity contribution in [2.75, 3.05) is 6.61 Å². The molecule has 3 N–H and O–H groups in total. The van der Waals surface area contributed by atoms with Crippen molar-refractivity contribution in [3.63, 3.8) is 0 Å². The molecule has 0 saturated heterocycles. The Bertz CT molecular complexity index is 472. The van der Waals surface area contributed by atoms with E-state index in [4.69, 9.17) is 21.0 Å². The number of hydrogen-bond donors (Lipinski definition) is 3. The fourth-order valence-corrected chi connectivity index (χ4v) is 0.978. The van der Waals surface area contributed by atoms with Crippen molar-refractivity contribution in [3.8, 4) is 0 Å². The van der Waals surface area contributed by atoms with Gasteiger partial charge >= 0.3 is 35.4 Å². The number of nitrogens with zero attached hydrogens (tertiary/aromatic N) is 3. The van der Waals surface area contributed by atoms with E-state index in [-0.39, 0.29) is 19.0 Å². The molecule has 17 heavy (non-hydrogen) atoms. The van der Waals surface area contributed by atoms with Gasteiger partial charge < -0.3 is 15.2 Å². The van der Waals surface area contributed by atoms with Gasteiger partial charge in [0.05, 0.1) is 6.61 Å². The minimum absolute atomic E-state index is 0.0819. The van der Waals surface area contributed by atoms with Crippen LogP contribution in [0.1, 0.15) is 5.82 Å². The van der Waals surface area contributed by atoms with Crippen LogP contribution in [0.2, 0.25) is 0 Å². The van der Waals surface area contributed by atoms with Gasteiger partial charge in [-0.2, -0.15) is 0 Å². The molecule has 0 bridgehead atoms. The maximum absolute atomic E-state index is 10.4. The molecule has 10 nitrogen and oxygen atoms in total. The van der Waals surface area contributed by atoms with Crippen molar-refractivity contribution < 1.29 is 39.6 Å². The van der Waals surface area contributed by atoms with E-state index in [1.165, 1.54) is 10.8 Å². The molecule has 0 fully saturated rings. The van der Waals surface area contributed by atoms with Crippen molar-refractivity contribution >= 4 is 5.82 Å². The van der Waals surface area contributed by atoms with E-state index in [9.17, 15) is 10.1 Å². The van der Waals surface area contributed by atoms with Gasteiger partial charge in [-0.15, -0.1) is 0 Å². The molecular formula is C6H11CrN3O7. The zero-order valence-corrected chi connectivity index (χ0v) is 9.99. The summed E-state index contributed by atoms with van der Waals surface area (Å²) in [6.45, 7) is 1.74. The van der Waals surface area contributed by atoms with Crippen LogP contribution in [0.3, 0.4) is 0 Å². The summed E-state index contributed by atoms with van der Waals surface area (Å²) in [5.41, 5.74) is 0. The molecule has 1 aromatic rings. The first-order valence-electron chi connectivity index (χ1n) is 4.14. The molecule has 1 heterocycles. The monoisotopic (exact) mass is 289 g/mol. The summed E-state index contributed by atoms with van der Waals surface area (Å²) in [7, 11) is 0. The third-order valence-corrected chi connectivity index (χ3v) is 1.54. The van der Waals surface area contributed by atoms with Crippen molar-refractivity contribution in [3.05, 3.63) is 22.1 Å². The molecule has 0 radical (unpaired) electrons. The van der Waals surface area contributed by atoms with E-state index in [0.29, 0.717) is 5.82 Å². The summed E-state index contributed by atoms with van der Waals surface area (Å²) >= 11 is -5.25. The van der Waals surface area contributed by atoms with Crippen molar-refractivity contribution in [2.24, 2.45) is 0 Å². The molecule has 0 unspecified atom stereocenters. The molecule has 0 saturated carbocycles. The average Bonchev–Trinajstić information content (AvgIpc) is 2.46. The summed E-state index contributed by atoms with van der Waals surface area (Å²) in [5, 5.41) is 19.0. The van der Waals surface area contributed by atoms with Crippen molar-refractivity contribution in [1.82, 2.24) is 9.55 Å². The molecule has 0 aromatic carbocycles. The number of imidazole rings is 1. The van der Waals surface area contributed by atoms with Gasteiger partial charge in [0.1, 0.15) is 12.7 Å². The number of aliphatic hydroxyl groups excluding tert-OH is 1. The predicted octanol–water partition coefficient (Wildman–Crippen LogP) is -1.26. The van der Waals surface area contributed by atoms with Gasteiger partial charge in [-0.3, -0.25) is 0 Å². The second-order valence-electron chi connectivity index (χ2n) is 2.74. The van der Waals surface area contributed by atoms with E-state index >= 15 is 0 Å². The van der Waals surface area contributed by atoms with Crippen LogP contribution in [0.4, 0.5) is 5.82 Å². The van der Waals surface area contributed by atoms with Crippen molar-refractivity contribution in [2.45, 2.75) is 13.5 Å². The second-order valence-corrected chi connectivity index (χ2v) is 4.14. The fourth-order valence-electron chi connectivity index (χ4n) is 0.978. The van der Waals surface area contributed by atoms with Crippen LogP contribution in [0.25, 0.3) is 0 Å². The maximum atomic E-state index is 10.4. The van der Waals surface area contributed by atoms with Crippen LogP contribution >= 0.6 is 0 Å². The van der Waals surface area contributed by atoms with Gasteiger partial charge in [0, 0.05) is 6.92 Å². The summed E-state index contributed by atoms with van der Waals surface area (Å²) in [4.78, 5) is 13.6. The summed E-state index contributed by atoms with van der Waals surface area (Å²) < 4.78 is 33.2. The summed E-state index contributed by atoms with van der Waals surface area (Å²) in [6, 6.07) is 0. The van der Waals surface area contributed by atoms with E-state index in [1.54, 1.807) is 6.92 Å². The summed E-state index contributed by atoms with van der Waals surface area (Å²) in [6.07, 6.45) is 1.19.